The summed E-state index contributed by atoms with van der Waals surface area (Å²) in [7, 11) is 1.44. The second-order valence-corrected chi connectivity index (χ2v) is 4.66. The van der Waals surface area contributed by atoms with Crippen LogP contribution in [-0.2, 0) is 0 Å². The van der Waals surface area contributed by atoms with Crippen LogP contribution in [0.2, 0.25) is 0 Å². The molecule has 2 heterocycles. The lowest BCUT2D eigenvalue weighted by molar-refractivity contribution is 0.386. The van der Waals surface area contributed by atoms with Gasteiger partial charge in [0.05, 0.1) is 12.8 Å². The second kappa shape index (κ2) is 4.52. The molecular formula is C15H14FN3O. The summed E-state index contributed by atoms with van der Waals surface area (Å²) in [5.74, 6) is -0.184. The van der Waals surface area contributed by atoms with Crippen LogP contribution in [-0.4, -0.2) is 16.5 Å². The van der Waals surface area contributed by atoms with E-state index in [1.165, 1.54) is 13.2 Å². The first kappa shape index (κ1) is 12.5. The first-order chi connectivity index (χ1) is 9.58. The summed E-state index contributed by atoms with van der Waals surface area (Å²) in [6.07, 6.45) is 3.62. The van der Waals surface area contributed by atoms with E-state index in [9.17, 15) is 4.39 Å². The summed E-state index contributed by atoms with van der Waals surface area (Å²) in [5, 5.41) is 0. The van der Waals surface area contributed by atoms with Crippen LogP contribution < -0.4 is 10.5 Å². The molecular weight excluding hydrogens is 257 g/mol. The highest BCUT2D eigenvalue weighted by Crippen LogP contribution is 2.26. The van der Waals surface area contributed by atoms with Gasteiger partial charge in [0.1, 0.15) is 5.65 Å². The molecule has 0 aliphatic heterocycles. The minimum atomic E-state index is -0.404. The zero-order chi connectivity index (χ0) is 14.3. The lowest BCUT2D eigenvalue weighted by atomic mass is 10.1. The number of aryl methyl sites for hydroxylation is 1. The number of hydrogen-bond donors (Lipinski definition) is 1. The number of aromatic nitrogens is 2. The molecule has 1 aromatic carbocycles. The zero-order valence-electron chi connectivity index (χ0n) is 11.2. The summed E-state index contributed by atoms with van der Waals surface area (Å²) in [6, 6.07) is 6.65. The maximum Gasteiger partial charge on any atom is 0.165 e. The number of anilines is 1. The topological polar surface area (TPSA) is 52.5 Å². The van der Waals surface area contributed by atoms with Gasteiger partial charge in [-0.1, -0.05) is 0 Å². The Balaban J connectivity index is 2.15. The van der Waals surface area contributed by atoms with Crippen LogP contribution in [0.1, 0.15) is 5.56 Å². The molecule has 4 nitrogen and oxygen atoms in total. The Morgan fingerprint density at radius 2 is 2.05 bits per heavy atom. The number of fused-ring (bicyclic) bond motifs is 1. The van der Waals surface area contributed by atoms with Gasteiger partial charge in [-0.2, -0.15) is 0 Å². The Morgan fingerprint density at radius 1 is 1.25 bits per heavy atom. The highest BCUT2D eigenvalue weighted by Gasteiger charge is 2.10. The summed E-state index contributed by atoms with van der Waals surface area (Å²) in [4.78, 5) is 4.52. The molecule has 0 atom stereocenters. The summed E-state index contributed by atoms with van der Waals surface area (Å²) in [6.45, 7) is 1.94. The third kappa shape index (κ3) is 1.97. The fourth-order valence-electron chi connectivity index (χ4n) is 2.26. The normalized spacial score (nSPS) is 10.9. The number of imidazole rings is 1. The average molecular weight is 271 g/mol. The highest BCUT2D eigenvalue weighted by molar-refractivity contribution is 5.66. The number of nitrogens with zero attached hydrogens (tertiary/aromatic N) is 2. The van der Waals surface area contributed by atoms with E-state index < -0.39 is 5.82 Å². The molecule has 102 valence electrons. The molecule has 0 spiro atoms. The lowest BCUT2D eigenvalue weighted by Crippen LogP contribution is -1.92. The fourth-order valence-corrected chi connectivity index (χ4v) is 2.26. The SMILES string of the molecule is COc1ccc(-c2cn3cc(N)cc(C)c3n2)cc1F. The van der Waals surface area contributed by atoms with E-state index in [4.69, 9.17) is 10.5 Å². The van der Waals surface area contributed by atoms with Crippen molar-refractivity contribution in [1.29, 1.82) is 0 Å². The van der Waals surface area contributed by atoms with Crippen LogP contribution in [0.25, 0.3) is 16.9 Å². The van der Waals surface area contributed by atoms with Gasteiger partial charge in [-0.3, -0.25) is 0 Å². The maximum absolute atomic E-state index is 13.8. The zero-order valence-corrected chi connectivity index (χ0v) is 11.2. The van der Waals surface area contributed by atoms with Gasteiger partial charge in [0.2, 0.25) is 0 Å². The van der Waals surface area contributed by atoms with Crippen molar-refractivity contribution >= 4 is 11.3 Å². The van der Waals surface area contributed by atoms with E-state index in [0.717, 1.165) is 11.2 Å². The van der Waals surface area contributed by atoms with Crippen molar-refractivity contribution in [1.82, 2.24) is 9.38 Å². The van der Waals surface area contributed by atoms with Crippen LogP contribution in [0, 0.1) is 12.7 Å². The van der Waals surface area contributed by atoms with Crippen LogP contribution in [0.4, 0.5) is 10.1 Å². The van der Waals surface area contributed by atoms with E-state index in [0.29, 0.717) is 16.9 Å². The van der Waals surface area contributed by atoms with Crippen molar-refractivity contribution < 1.29 is 9.13 Å². The van der Waals surface area contributed by atoms with Crippen molar-refractivity contribution in [2.75, 3.05) is 12.8 Å². The molecule has 0 radical (unpaired) electrons. The number of halogens is 1. The van der Waals surface area contributed by atoms with Gasteiger partial charge in [0.25, 0.3) is 0 Å². The average Bonchev–Trinajstić information content (AvgIpc) is 2.82. The third-order valence-corrected chi connectivity index (χ3v) is 3.20. The standard InChI is InChI=1S/C15H14FN3O/c1-9-5-11(17)7-19-8-13(18-15(9)19)10-3-4-14(20-2)12(16)6-10/h3-8H,17H2,1-2H3. The first-order valence-electron chi connectivity index (χ1n) is 6.17. The molecule has 2 aromatic heterocycles. The summed E-state index contributed by atoms with van der Waals surface area (Å²) in [5.41, 5.74) is 9.66. The van der Waals surface area contributed by atoms with Gasteiger partial charge in [-0.15, -0.1) is 0 Å². The Morgan fingerprint density at radius 3 is 2.75 bits per heavy atom. The monoisotopic (exact) mass is 271 g/mol. The number of pyridine rings is 1. The van der Waals surface area contributed by atoms with Gasteiger partial charge in [0.15, 0.2) is 11.6 Å². The quantitative estimate of drug-likeness (QED) is 0.779. The predicted molar refractivity (Wildman–Crippen MR) is 76.3 cm³/mol. The van der Waals surface area contributed by atoms with Crippen molar-refractivity contribution in [3.8, 4) is 17.0 Å². The van der Waals surface area contributed by atoms with Crippen LogP contribution in [0.3, 0.4) is 0 Å². The van der Waals surface area contributed by atoms with Crippen molar-refractivity contribution in [3.05, 3.63) is 48.0 Å². The Hall–Kier alpha value is -2.56. The minimum absolute atomic E-state index is 0.220. The maximum atomic E-state index is 13.8. The number of nitrogens with two attached hydrogens (primary N) is 1. The molecule has 2 N–H and O–H groups in total. The molecule has 3 aromatic rings. The van der Waals surface area contributed by atoms with Gasteiger partial charge >= 0.3 is 0 Å². The van der Waals surface area contributed by atoms with Crippen LogP contribution >= 0.6 is 0 Å². The molecule has 0 aliphatic rings. The van der Waals surface area contributed by atoms with E-state index in [2.05, 4.69) is 4.98 Å². The number of ether oxygens (including phenoxy) is 1. The number of hydrogen-bond acceptors (Lipinski definition) is 3. The van der Waals surface area contributed by atoms with Gasteiger partial charge in [-0.25, -0.2) is 9.37 Å². The van der Waals surface area contributed by atoms with Crippen molar-refractivity contribution in [3.63, 3.8) is 0 Å². The minimum Gasteiger partial charge on any atom is -0.494 e. The molecule has 20 heavy (non-hydrogen) atoms. The smallest absolute Gasteiger partial charge is 0.165 e. The molecule has 0 fully saturated rings. The molecule has 0 bridgehead atoms. The second-order valence-electron chi connectivity index (χ2n) is 4.66. The number of nitrogen functional groups attached to an aromatic ring is 1. The Labute approximate surface area is 115 Å². The highest BCUT2D eigenvalue weighted by atomic mass is 19.1. The Kier molecular flexibility index (Phi) is 2.82. The lowest BCUT2D eigenvalue weighted by Gasteiger charge is -2.02. The molecule has 0 amide bonds. The Bertz CT molecular complexity index is 795. The van der Waals surface area contributed by atoms with Gasteiger partial charge in [0, 0.05) is 23.6 Å². The van der Waals surface area contributed by atoms with E-state index >= 15 is 0 Å². The van der Waals surface area contributed by atoms with Gasteiger partial charge < -0.3 is 14.9 Å². The first-order valence-corrected chi connectivity index (χ1v) is 6.17. The van der Waals surface area contributed by atoms with E-state index in [1.807, 2.05) is 23.6 Å². The molecule has 0 saturated heterocycles. The van der Waals surface area contributed by atoms with E-state index in [-0.39, 0.29) is 5.75 Å². The molecule has 0 unspecified atom stereocenters. The largest absolute Gasteiger partial charge is 0.494 e. The molecule has 0 saturated carbocycles. The predicted octanol–water partition coefficient (Wildman–Crippen LogP) is 3.04. The fraction of sp³-hybridized carbons (Fsp3) is 0.133. The molecule has 5 heteroatoms. The molecule has 3 rings (SSSR count). The number of rotatable bonds is 2. The van der Waals surface area contributed by atoms with E-state index in [1.54, 1.807) is 18.3 Å². The summed E-state index contributed by atoms with van der Waals surface area (Å²) >= 11 is 0. The molecule has 0 aliphatic carbocycles. The third-order valence-electron chi connectivity index (χ3n) is 3.20. The van der Waals surface area contributed by atoms with Gasteiger partial charge in [-0.05, 0) is 36.8 Å². The summed E-state index contributed by atoms with van der Waals surface area (Å²) < 4.78 is 20.5. The van der Waals surface area contributed by atoms with Crippen LogP contribution in [0.15, 0.2) is 36.7 Å². The van der Waals surface area contributed by atoms with Crippen LogP contribution in [0.5, 0.6) is 5.75 Å². The number of methoxy groups -OCH3 is 1. The van der Waals surface area contributed by atoms with Crippen molar-refractivity contribution in [2.24, 2.45) is 0 Å². The van der Waals surface area contributed by atoms with Crippen molar-refractivity contribution in [2.45, 2.75) is 6.92 Å². The number of benzene rings is 1.